The number of pyridine rings is 2. The summed E-state index contributed by atoms with van der Waals surface area (Å²) >= 11 is 0. The van der Waals surface area contributed by atoms with Gasteiger partial charge in [-0.3, -0.25) is 14.6 Å². The molecule has 150 valence electrons. The highest BCUT2D eigenvalue weighted by Crippen LogP contribution is 2.24. The number of carbonyl (C=O) groups is 1. The fourth-order valence-electron chi connectivity index (χ4n) is 4.03. The first-order valence-corrected chi connectivity index (χ1v) is 9.92. The molecule has 1 amide bonds. The molecule has 8 nitrogen and oxygen atoms in total. The van der Waals surface area contributed by atoms with Crippen molar-refractivity contribution in [2.24, 2.45) is 0 Å². The van der Waals surface area contributed by atoms with Crippen LogP contribution < -0.4 is 5.56 Å². The molecule has 1 saturated heterocycles. The Kier molecular flexibility index (Phi) is 4.59. The van der Waals surface area contributed by atoms with Crippen LogP contribution in [0.25, 0.3) is 22.3 Å². The zero-order chi connectivity index (χ0) is 20.5. The van der Waals surface area contributed by atoms with E-state index in [0.717, 1.165) is 23.8 Å². The van der Waals surface area contributed by atoms with Gasteiger partial charge in [-0.15, -0.1) is 0 Å². The molecule has 5 rings (SSSR count). The Hall–Kier alpha value is -3.81. The topological polar surface area (TPSA) is 96.8 Å². The maximum Gasteiger partial charge on any atom is 0.266 e. The first-order chi connectivity index (χ1) is 14.7. The summed E-state index contributed by atoms with van der Waals surface area (Å²) in [7, 11) is 0. The second-order valence-corrected chi connectivity index (χ2v) is 7.38. The van der Waals surface area contributed by atoms with E-state index >= 15 is 0 Å². The number of carbonyl (C=O) groups excluding carboxylic acids is 1. The van der Waals surface area contributed by atoms with Crippen LogP contribution in [0.1, 0.15) is 23.2 Å². The minimum atomic E-state index is -0.182. The minimum Gasteiger partial charge on any atom is -0.345 e. The van der Waals surface area contributed by atoms with Gasteiger partial charge in [-0.05, 0) is 43.2 Å². The standard InChI is InChI=1S/C22H20N6O2/c29-20-8-7-19(15-4-1-9-23-12-15)26-28(20)14-16-5-3-11-27(16)22(30)18-13-25-21-17(18)6-2-10-24-21/h1-2,4,6-10,12-13,16H,3,5,11,14H2,(H,24,25). The number of hydrogen-bond donors (Lipinski definition) is 1. The van der Waals surface area contributed by atoms with Crippen LogP contribution in [0.5, 0.6) is 0 Å². The average Bonchev–Trinajstić information content (AvgIpc) is 3.42. The molecule has 0 aromatic carbocycles. The molecule has 1 aliphatic heterocycles. The highest BCUT2D eigenvalue weighted by atomic mass is 16.2. The molecular weight excluding hydrogens is 380 g/mol. The van der Waals surface area contributed by atoms with Gasteiger partial charge in [0.1, 0.15) is 5.65 Å². The lowest BCUT2D eigenvalue weighted by Crippen LogP contribution is -2.40. The molecule has 1 N–H and O–H groups in total. The van der Waals surface area contributed by atoms with E-state index in [0.29, 0.717) is 30.0 Å². The molecule has 5 heterocycles. The molecule has 0 radical (unpaired) electrons. The van der Waals surface area contributed by atoms with E-state index in [4.69, 9.17) is 0 Å². The van der Waals surface area contributed by atoms with E-state index in [9.17, 15) is 9.59 Å². The van der Waals surface area contributed by atoms with Crippen molar-refractivity contribution in [3.8, 4) is 11.3 Å². The van der Waals surface area contributed by atoms with Gasteiger partial charge in [0, 0.05) is 48.3 Å². The lowest BCUT2D eigenvalue weighted by molar-refractivity contribution is 0.0722. The zero-order valence-electron chi connectivity index (χ0n) is 16.2. The number of H-pyrrole nitrogens is 1. The number of fused-ring (bicyclic) bond motifs is 1. The molecule has 0 spiro atoms. The van der Waals surface area contributed by atoms with Gasteiger partial charge in [-0.25, -0.2) is 9.67 Å². The van der Waals surface area contributed by atoms with E-state index in [-0.39, 0.29) is 17.5 Å². The minimum absolute atomic E-state index is 0.0480. The zero-order valence-corrected chi connectivity index (χ0v) is 16.2. The summed E-state index contributed by atoms with van der Waals surface area (Å²) in [5.41, 5.74) is 2.64. The van der Waals surface area contributed by atoms with E-state index < -0.39 is 0 Å². The molecule has 1 aliphatic rings. The van der Waals surface area contributed by atoms with Gasteiger partial charge >= 0.3 is 0 Å². The Labute approximate surface area is 172 Å². The quantitative estimate of drug-likeness (QED) is 0.568. The number of aromatic nitrogens is 5. The third-order valence-corrected chi connectivity index (χ3v) is 5.53. The summed E-state index contributed by atoms with van der Waals surface area (Å²) in [5.74, 6) is -0.0480. The highest BCUT2D eigenvalue weighted by molar-refractivity contribution is 6.06. The Balaban J connectivity index is 1.42. The van der Waals surface area contributed by atoms with Crippen molar-refractivity contribution in [3.05, 3.63) is 77.1 Å². The van der Waals surface area contributed by atoms with E-state index in [1.165, 1.54) is 10.7 Å². The number of nitrogens with zero attached hydrogens (tertiary/aromatic N) is 5. The normalized spacial score (nSPS) is 16.3. The van der Waals surface area contributed by atoms with Crippen molar-refractivity contribution >= 4 is 16.9 Å². The van der Waals surface area contributed by atoms with Gasteiger partial charge in [0.05, 0.1) is 23.8 Å². The number of aromatic amines is 1. The van der Waals surface area contributed by atoms with Crippen molar-refractivity contribution < 1.29 is 4.79 Å². The molecule has 1 unspecified atom stereocenters. The Bertz CT molecular complexity index is 1260. The van der Waals surface area contributed by atoms with Crippen LogP contribution in [-0.4, -0.2) is 48.1 Å². The molecule has 0 aliphatic carbocycles. The Morgan fingerprint density at radius 3 is 2.93 bits per heavy atom. The average molecular weight is 400 g/mol. The van der Waals surface area contributed by atoms with E-state index in [2.05, 4.69) is 20.1 Å². The molecule has 8 heteroatoms. The molecule has 0 bridgehead atoms. The lowest BCUT2D eigenvalue weighted by Gasteiger charge is -2.25. The van der Waals surface area contributed by atoms with Crippen LogP contribution in [0.15, 0.2) is 66.0 Å². The summed E-state index contributed by atoms with van der Waals surface area (Å²) in [6.07, 6.45) is 8.54. The second kappa shape index (κ2) is 7.55. The van der Waals surface area contributed by atoms with Gasteiger partial charge in [-0.2, -0.15) is 5.10 Å². The van der Waals surface area contributed by atoms with Crippen LogP contribution in [0.3, 0.4) is 0 Å². The SMILES string of the molecule is O=C(c1c[nH]c2ncccc12)N1CCCC1Cn1nc(-c2cccnc2)ccc1=O. The summed E-state index contributed by atoms with van der Waals surface area (Å²) < 4.78 is 1.45. The van der Waals surface area contributed by atoms with Crippen molar-refractivity contribution in [1.29, 1.82) is 0 Å². The molecule has 0 saturated carbocycles. The molecule has 30 heavy (non-hydrogen) atoms. The van der Waals surface area contributed by atoms with Crippen molar-refractivity contribution in [2.75, 3.05) is 6.54 Å². The van der Waals surface area contributed by atoms with Crippen LogP contribution in [-0.2, 0) is 6.54 Å². The summed E-state index contributed by atoms with van der Waals surface area (Å²) in [4.78, 5) is 39.0. The van der Waals surface area contributed by atoms with Crippen molar-refractivity contribution in [1.82, 2.24) is 29.6 Å². The van der Waals surface area contributed by atoms with Gasteiger partial charge < -0.3 is 9.88 Å². The predicted molar refractivity (Wildman–Crippen MR) is 112 cm³/mol. The first-order valence-electron chi connectivity index (χ1n) is 9.92. The number of amides is 1. The second-order valence-electron chi connectivity index (χ2n) is 7.38. The van der Waals surface area contributed by atoms with Crippen LogP contribution in [0.4, 0.5) is 0 Å². The van der Waals surface area contributed by atoms with Gasteiger partial charge in [0.15, 0.2) is 0 Å². The fraction of sp³-hybridized carbons (Fsp3) is 0.227. The number of likely N-dealkylation sites (tertiary alicyclic amines) is 1. The third-order valence-electron chi connectivity index (χ3n) is 5.53. The molecule has 1 fully saturated rings. The molecule has 1 atom stereocenters. The smallest absolute Gasteiger partial charge is 0.266 e. The maximum absolute atomic E-state index is 13.3. The Morgan fingerprint density at radius 1 is 1.17 bits per heavy atom. The number of nitrogens with one attached hydrogen (secondary N) is 1. The third kappa shape index (κ3) is 3.26. The lowest BCUT2D eigenvalue weighted by atomic mass is 10.1. The summed E-state index contributed by atoms with van der Waals surface area (Å²) in [6, 6.07) is 10.6. The maximum atomic E-state index is 13.3. The monoisotopic (exact) mass is 400 g/mol. The highest BCUT2D eigenvalue weighted by Gasteiger charge is 2.31. The Morgan fingerprint density at radius 2 is 2.07 bits per heavy atom. The fourth-order valence-corrected chi connectivity index (χ4v) is 4.03. The number of rotatable bonds is 4. The first kappa shape index (κ1) is 18.2. The van der Waals surface area contributed by atoms with Crippen LogP contribution in [0.2, 0.25) is 0 Å². The van der Waals surface area contributed by atoms with Crippen molar-refractivity contribution in [3.63, 3.8) is 0 Å². The summed E-state index contributed by atoms with van der Waals surface area (Å²) in [5, 5.41) is 5.33. The summed E-state index contributed by atoms with van der Waals surface area (Å²) in [6.45, 7) is 1.02. The van der Waals surface area contributed by atoms with Gasteiger partial charge in [-0.1, -0.05) is 0 Å². The molecule has 4 aromatic rings. The van der Waals surface area contributed by atoms with E-state index in [1.54, 1.807) is 30.9 Å². The van der Waals surface area contributed by atoms with Crippen LogP contribution >= 0.6 is 0 Å². The number of hydrogen-bond acceptors (Lipinski definition) is 5. The largest absolute Gasteiger partial charge is 0.345 e. The van der Waals surface area contributed by atoms with E-state index in [1.807, 2.05) is 29.2 Å². The van der Waals surface area contributed by atoms with Crippen molar-refractivity contribution in [2.45, 2.75) is 25.4 Å². The molecular formula is C22H20N6O2. The predicted octanol–water partition coefficient (Wildman–Crippen LogP) is 2.49. The molecule has 4 aromatic heterocycles. The van der Waals surface area contributed by atoms with Crippen LogP contribution in [0, 0.1) is 0 Å². The van der Waals surface area contributed by atoms with Gasteiger partial charge in [0.25, 0.3) is 11.5 Å². The van der Waals surface area contributed by atoms with Gasteiger partial charge in [0.2, 0.25) is 0 Å².